The zero-order chi connectivity index (χ0) is 14.2. The van der Waals surface area contributed by atoms with Crippen LogP contribution in [-0.2, 0) is 11.3 Å². The highest BCUT2D eigenvalue weighted by atomic mass is 16.5. The molecule has 0 amide bonds. The number of rotatable bonds is 7. The lowest BCUT2D eigenvalue weighted by atomic mass is 10.0. The molecule has 1 saturated heterocycles. The van der Waals surface area contributed by atoms with Gasteiger partial charge >= 0.3 is 0 Å². The predicted octanol–water partition coefficient (Wildman–Crippen LogP) is 2.63. The molecule has 4 nitrogen and oxygen atoms in total. The predicted molar refractivity (Wildman–Crippen MR) is 79.8 cm³/mol. The summed E-state index contributed by atoms with van der Waals surface area (Å²) in [5, 5.41) is 3.41. The summed E-state index contributed by atoms with van der Waals surface area (Å²) in [6.45, 7) is 8.79. The molecule has 0 unspecified atom stereocenters. The van der Waals surface area contributed by atoms with Crippen molar-refractivity contribution in [3.8, 4) is 5.88 Å². The third kappa shape index (κ3) is 5.47. The molecule has 4 heteroatoms. The molecule has 20 heavy (non-hydrogen) atoms. The summed E-state index contributed by atoms with van der Waals surface area (Å²) in [6, 6.07) is 4.05. The van der Waals surface area contributed by atoms with E-state index < -0.39 is 0 Å². The molecule has 0 saturated carbocycles. The molecule has 1 aromatic heterocycles. The van der Waals surface area contributed by atoms with Crippen LogP contribution in [0, 0.1) is 11.8 Å². The van der Waals surface area contributed by atoms with E-state index in [1.807, 2.05) is 12.3 Å². The van der Waals surface area contributed by atoms with Crippen molar-refractivity contribution in [2.75, 3.05) is 26.4 Å². The van der Waals surface area contributed by atoms with Crippen molar-refractivity contribution in [3.63, 3.8) is 0 Å². The van der Waals surface area contributed by atoms with Crippen molar-refractivity contribution in [1.29, 1.82) is 0 Å². The van der Waals surface area contributed by atoms with Crippen LogP contribution in [0.4, 0.5) is 0 Å². The first-order chi connectivity index (χ1) is 9.74. The SMILES string of the molecule is CC(C)CNCc1ccc(OCC2CCOCC2)nc1. The van der Waals surface area contributed by atoms with Gasteiger partial charge in [0.25, 0.3) is 0 Å². The Kier molecular flexibility index (Phi) is 6.27. The second-order valence-corrected chi connectivity index (χ2v) is 5.90. The first kappa shape index (κ1) is 15.3. The first-order valence-corrected chi connectivity index (χ1v) is 7.60. The molecule has 0 atom stereocenters. The fourth-order valence-corrected chi connectivity index (χ4v) is 2.22. The number of hydrogen-bond donors (Lipinski definition) is 1. The van der Waals surface area contributed by atoms with Gasteiger partial charge in [-0.05, 0) is 36.8 Å². The molecular formula is C16H26N2O2. The minimum atomic E-state index is 0.609. The average molecular weight is 278 g/mol. The minimum Gasteiger partial charge on any atom is -0.477 e. The molecular weight excluding hydrogens is 252 g/mol. The summed E-state index contributed by atoms with van der Waals surface area (Å²) in [4.78, 5) is 4.37. The fourth-order valence-electron chi connectivity index (χ4n) is 2.22. The van der Waals surface area contributed by atoms with E-state index in [1.165, 1.54) is 5.56 Å². The van der Waals surface area contributed by atoms with E-state index in [0.29, 0.717) is 11.8 Å². The summed E-state index contributed by atoms with van der Waals surface area (Å²) < 4.78 is 11.1. The number of ether oxygens (including phenoxy) is 2. The maximum atomic E-state index is 5.76. The molecule has 2 rings (SSSR count). The third-order valence-corrected chi connectivity index (χ3v) is 3.49. The molecule has 0 bridgehead atoms. The van der Waals surface area contributed by atoms with E-state index >= 15 is 0 Å². The van der Waals surface area contributed by atoms with Crippen molar-refractivity contribution >= 4 is 0 Å². The smallest absolute Gasteiger partial charge is 0.213 e. The molecule has 0 aliphatic carbocycles. The van der Waals surface area contributed by atoms with Gasteiger partial charge in [-0.2, -0.15) is 0 Å². The highest BCUT2D eigenvalue weighted by Gasteiger charge is 2.14. The van der Waals surface area contributed by atoms with Crippen LogP contribution in [0.3, 0.4) is 0 Å². The first-order valence-electron chi connectivity index (χ1n) is 7.60. The fraction of sp³-hybridized carbons (Fsp3) is 0.688. The Morgan fingerprint density at radius 3 is 2.80 bits per heavy atom. The Hall–Kier alpha value is -1.13. The Labute approximate surface area is 121 Å². The standard InChI is InChI=1S/C16H26N2O2/c1-13(2)9-17-10-15-3-4-16(18-11-15)20-12-14-5-7-19-8-6-14/h3-4,11,13-14,17H,5-10,12H2,1-2H3. The van der Waals surface area contributed by atoms with Crippen molar-refractivity contribution in [2.45, 2.75) is 33.2 Å². The Balaban J connectivity index is 1.70. The molecule has 1 aliphatic rings. The Morgan fingerprint density at radius 1 is 1.35 bits per heavy atom. The van der Waals surface area contributed by atoms with Gasteiger partial charge in [0.15, 0.2) is 0 Å². The zero-order valence-corrected chi connectivity index (χ0v) is 12.6. The molecule has 2 heterocycles. The van der Waals surface area contributed by atoms with Crippen LogP contribution in [0.2, 0.25) is 0 Å². The largest absolute Gasteiger partial charge is 0.477 e. The number of hydrogen-bond acceptors (Lipinski definition) is 4. The molecule has 1 aliphatic heterocycles. The van der Waals surface area contributed by atoms with Crippen molar-refractivity contribution in [3.05, 3.63) is 23.9 Å². The lowest BCUT2D eigenvalue weighted by Gasteiger charge is -2.21. The zero-order valence-electron chi connectivity index (χ0n) is 12.6. The summed E-state index contributed by atoms with van der Waals surface area (Å²) in [5.41, 5.74) is 1.20. The van der Waals surface area contributed by atoms with Crippen LogP contribution in [0.15, 0.2) is 18.3 Å². The molecule has 1 fully saturated rings. The molecule has 0 radical (unpaired) electrons. The number of pyridine rings is 1. The highest BCUT2D eigenvalue weighted by molar-refractivity contribution is 5.17. The second-order valence-electron chi connectivity index (χ2n) is 5.90. The maximum Gasteiger partial charge on any atom is 0.213 e. The number of nitrogens with zero attached hydrogens (tertiary/aromatic N) is 1. The number of nitrogens with one attached hydrogen (secondary N) is 1. The lowest BCUT2D eigenvalue weighted by Crippen LogP contribution is -2.21. The molecule has 1 N–H and O–H groups in total. The summed E-state index contributed by atoms with van der Waals surface area (Å²) in [5.74, 6) is 2.01. The van der Waals surface area contributed by atoms with E-state index in [4.69, 9.17) is 9.47 Å². The van der Waals surface area contributed by atoms with Crippen molar-refractivity contribution in [1.82, 2.24) is 10.3 Å². The monoisotopic (exact) mass is 278 g/mol. The van der Waals surface area contributed by atoms with Gasteiger partial charge in [-0.25, -0.2) is 4.98 Å². The van der Waals surface area contributed by atoms with Crippen molar-refractivity contribution < 1.29 is 9.47 Å². The van der Waals surface area contributed by atoms with E-state index in [9.17, 15) is 0 Å². The topological polar surface area (TPSA) is 43.4 Å². The van der Waals surface area contributed by atoms with Crippen LogP contribution < -0.4 is 10.1 Å². The van der Waals surface area contributed by atoms with Gasteiger partial charge < -0.3 is 14.8 Å². The maximum absolute atomic E-state index is 5.76. The summed E-state index contributed by atoms with van der Waals surface area (Å²) in [6.07, 6.45) is 4.08. The molecule has 0 spiro atoms. The van der Waals surface area contributed by atoms with E-state index in [2.05, 4.69) is 30.2 Å². The van der Waals surface area contributed by atoms with Crippen molar-refractivity contribution in [2.24, 2.45) is 11.8 Å². The highest BCUT2D eigenvalue weighted by Crippen LogP contribution is 2.16. The quantitative estimate of drug-likeness (QED) is 0.832. The molecule has 112 valence electrons. The van der Waals surface area contributed by atoms with Gasteiger partial charge in [-0.3, -0.25) is 0 Å². The van der Waals surface area contributed by atoms with Gasteiger partial charge in [0.2, 0.25) is 5.88 Å². The van der Waals surface area contributed by atoms with Crippen LogP contribution >= 0.6 is 0 Å². The normalized spacial score (nSPS) is 16.6. The molecule has 1 aromatic rings. The molecule has 0 aromatic carbocycles. The van der Waals surface area contributed by atoms with Crippen LogP contribution in [0.1, 0.15) is 32.3 Å². The van der Waals surface area contributed by atoms with E-state index in [1.54, 1.807) is 0 Å². The lowest BCUT2D eigenvalue weighted by molar-refractivity contribution is 0.0490. The van der Waals surface area contributed by atoms with Crippen LogP contribution in [0.25, 0.3) is 0 Å². The Morgan fingerprint density at radius 2 is 2.15 bits per heavy atom. The summed E-state index contributed by atoms with van der Waals surface area (Å²) in [7, 11) is 0. The van der Waals surface area contributed by atoms with Crippen LogP contribution in [-0.4, -0.2) is 31.3 Å². The number of aromatic nitrogens is 1. The van der Waals surface area contributed by atoms with E-state index in [-0.39, 0.29) is 0 Å². The van der Waals surface area contributed by atoms with Crippen LogP contribution in [0.5, 0.6) is 5.88 Å². The average Bonchev–Trinajstić information content (AvgIpc) is 2.47. The minimum absolute atomic E-state index is 0.609. The van der Waals surface area contributed by atoms with Gasteiger partial charge in [0.1, 0.15) is 0 Å². The Bertz CT molecular complexity index is 373. The van der Waals surface area contributed by atoms with Gasteiger partial charge in [0.05, 0.1) is 6.61 Å². The van der Waals surface area contributed by atoms with E-state index in [0.717, 1.165) is 51.6 Å². The van der Waals surface area contributed by atoms with Gasteiger partial charge in [-0.1, -0.05) is 19.9 Å². The van der Waals surface area contributed by atoms with Gasteiger partial charge in [-0.15, -0.1) is 0 Å². The van der Waals surface area contributed by atoms with Gasteiger partial charge in [0, 0.05) is 32.0 Å². The third-order valence-electron chi connectivity index (χ3n) is 3.49. The summed E-state index contributed by atoms with van der Waals surface area (Å²) >= 11 is 0. The second kappa shape index (κ2) is 8.22.